The molecule has 0 saturated carbocycles. The molecule has 0 heterocycles. The lowest BCUT2D eigenvalue weighted by Crippen LogP contribution is -2.35. The van der Waals surface area contributed by atoms with Crippen LogP contribution in [0.3, 0.4) is 0 Å². The molecule has 0 fully saturated rings. The summed E-state index contributed by atoms with van der Waals surface area (Å²) in [6.07, 6.45) is 3.51. The highest BCUT2D eigenvalue weighted by Gasteiger charge is 2.06. The summed E-state index contributed by atoms with van der Waals surface area (Å²) in [7, 11) is 0. The maximum absolute atomic E-state index is 12.9. The summed E-state index contributed by atoms with van der Waals surface area (Å²) in [6.45, 7) is 1.77. The quantitative estimate of drug-likeness (QED) is 0.808. The Hall–Kier alpha value is -1.39. The second kappa shape index (κ2) is 7.13. The van der Waals surface area contributed by atoms with E-state index in [1.807, 2.05) is 6.92 Å². The summed E-state index contributed by atoms with van der Waals surface area (Å²) in [5, 5.41) is 11.6. The topological polar surface area (TPSA) is 49.3 Å². The minimum Gasteiger partial charge on any atom is -0.394 e. The van der Waals surface area contributed by atoms with Crippen LogP contribution >= 0.6 is 11.6 Å². The minimum atomic E-state index is -0.496. The van der Waals surface area contributed by atoms with Crippen molar-refractivity contribution in [1.82, 2.24) is 5.32 Å². The fraction of sp³-hybridized carbons (Fsp3) is 0.308. The molecule has 1 amide bonds. The fourth-order valence-corrected chi connectivity index (χ4v) is 1.50. The summed E-state index contributed by atoms with van der Waals surface area (Å²) in [4.78, 5) is 11.5. The molecule has 0 unspecified atom stereocenters. The van der Waals surface area contributed by atoms with E-state index in [-0.39, 0.29) is 23.6 Å². The zero-order chi connectivity index (χ0) is 13.5. The maximum Gasteiger partial charge on any atom is 0.244 e. The molecule has 5 heteroatoms. The molecule has 98 valence electrons. The van der Waals surface area contributed by atoms with Crippen LogP contribution in [0, 0.1) is 5.82 Å². The van der Waals surface area contributed by atoms with Gasteiger partial charge < -0.3 is 10.4 Å². The molecule has 1 atom stereocenters. The number of carbonyl (C=O) groups excluding carboxylic acids is 1. The molecule has 3 nitrogen and oxygen atoms in total. The Bertz CT molecular complexity index is 445. The first-order chi connectivity index (χ1) is 8.56. The SMILES string of the molecule is CC[C@H](CO)NC(=O)/C=C/c1ccc(F)c(Cl)c1. The number of benzene rings is 1. The molecule has 1 aromatic carbocycles. The summed E-state index contributed by atoms with van der Waals surface area (Å²) in [5.74, 6) is -0.805. The number of halogens is 2. The number of aliphatic hydroxyl groups is 1. The van der Waals surface area contributed by atoms with E-state index in [1.54, 1.807) is 0 Å². The van der Waals surface area contributed by atoms with Gasteiger partial charge in [-0.15, -0.1) is 0 Å². The third-order valence-corrected chi connectivity index (χ3v) is 2.72. The predicted molar refractivity (Wildman–Crippen MR) is 69.8 cm³/mol. The van der Waals surface area contributed by atoms with Crippen LogP contribution in [-0.2, 0) is 4.79 Å². The molecular weight excluding hydrogens is 257 g/mol. The van der Waals surface area contributed by atoms with Gasteiger partial charge in [-0.1, -0.05) is 24.6 Å². The lowest BCUT2D eigenvalue weighted by molar-refractivity contribution is -0.117. The summed E-state index contributed by atoms with van der Waals surface area (Å²) in [6, 6.07) is 3.94. The van der Waals surface area contributed by atoms with E-state index in [4.69, 9.17) is 16.7 Å². The van der Waals surface area contributed by atoms with Crippen molar-refractivity contribution in [3.8, 4) is 0 Å². The second-order valence-electron chi connectivity index (χ2n) is 3.80. The van der Waals surface area contributed by atoms with Crippen LogP contribution in [0.25, 0.3) is 6.08 Å². The Morgan fingerprint density at radius 3 is 2.89 bits per heavy atom. The van der Waals surface area contributed by atoms with Gasteiger partial charge in [-0.25, -0.2) is 4.39 Å². The Balaban J connectivity index is 2.63. The number of hydrogen-bond acceptors (Lipinski definition) is 2. The largest absolute Gasteiger partial charge is 0.394 e. The van der Waals surface area contributed by atoms with Gasteiger partial charge in [0.05, 0.1) is 17.7 Å². The highest BCUT2D eigenvalue weighted by molar-refractivity contribution is 6.30. The van der Waals surface area contributed by atoms with Gasteiger partial charge in [-0.3, -0.25) is 4.79 Å². The summed E-state index contributed by atoms with van der Waals surface area (Å²) >= 11 is 5.62. The highest BCUT2D eigenvalue weighted by Crippen LogP contribution is 2.16. The van der Waals surface area contributed by atoms with Gasteiger partial charge in [0, 0.05) is 6.08 Å². The van der Waals surface area contributed by atoms with Crippen molar-refractivity contribution in [3.63, 3.8) is 0 Å². The Labute approximate surface area is 110 Å². The van der Waals surface area contributed by atoms with Crippen LogP contribution in [0.15, 0.2) is 24.3 Å². The van der Waals surface area contributed by atoms with E-state index in [0.29, 0.717) is 12.0 Å². The molecule has 0 aromatic heterocycles. The van der Waals surface area contributed by atoms with Crippen molar-refractivity contribution in [1.29, 1.82) is 0 Å². The molecule has 0 spiro atoms. The van der Waals surface area contributed by atoms with Crippen molar-refractivity contribution in [3.05, 3.63) is 40.7 Å². The molecule has 0 aliphatic carbocycles. The third kappa shape index (κ3) is 4.47. The Morgan fingerprint density at radius 1 is 1.61 bits per heavy atom. The first-order valence-electron chi connectivity index (χ1n) is 5.61. The number of hydrogen-bond donors (Lipinski definition) is 2. The van der Waals surface area contributed by atoms with Gasteiger partial charge in [0.15, 0.2) is 0 Å². The van der Waals surface area contributed by atoms with E-state index in [0.717, 1.165) is 0 Å². The lowest BCUT2D eigenvalue weighted by atomic mass is 10.2. The number of carbonyl (C=O) groups is 1. The number of rotatable bonds is 5. The van der Waals surface area contributed by atoms with E-state index >= 15 is 0 Å². The van der Waals surface area contributed by atoms with Crippen molar-refractivity contribution >= 4 is 23.6 Å². The summed E-state index contributed by atoms with van der Waals surface area (Å²) in [5.41, 5.74) is 0.633. The molecule has 0 aliphatic heterocycles. The lowest BCUT2D eigenvalue weighted by Gasteiger charge is -2.11. The van der Waals surface area contributed by atoms with E-state index in [1.165, 1.54) is 30.4 Å². The summed E-state index contributed by atoms with van der Waals surface area (Å²) < 4.78 is 12.9. The second-order valence-corrected chi connectivity index (χ2v) is 4.21. The van der Waals surface area contributed by atoms with Crippen LogP contribution in [0.2, 0.25) is 5.02 Å². The zero-order valence-corrected chi connectivity index (χ0v) is 10.7. The first-order valence-corrected chi connectivity index (χ1v) is 5.99. The van der Waals surface area contributed by atoms with Crippen LogP contribution in [0.4, 0.5) is 4.39 Å². The maximum atomic E-state index is 12.9. The van der Waals surface area contributed by atoms with Crippen LogP contribution in [0.1, 0.15) is 18.9 Å². The molecular formula is C13H15ClFNO2. The van der Waals surface area contributed by atoms with Crippen molar-refractivity contribution in [2.24, 2.45) is 0 Å². The average molecular weight is 272 g/mol. The fourth-order valence-electron chi connectivity index (χ4n) is 1.31. The molecule has 0 saturated heterocycles. The Morgan fingerprint density at radius 2 is 2.33 bits per heavy atom. The molecule has 2 N–H and O–H groups in total. The van der Waals surface area contributed by atoms with Crippen molar-refractivity contribution in [2.45, 2.75) is 19.4 Å². The molecule has 18 heavy (non-hydrogen) atoms. The smallest absolute Gasteiger partial charge is 0.244 e. The normalized spacial score (nSPS) is 12.7. The van der Waals surface area contributed by atoms with Gasteiger partial charge in [-0.05, 0) is 30.2 Å². The Kier molecular flexibility index (Phi) is 5.82. The van der Waals surface area contributed by atoms with Crippen LogP contribution < -0.4 is 5.32 Å². The van der Waals surface area contributed by atoms with Crippen molar-refractivity contribution < 1.29 is 14.3 Å². The molecule has 1 rings (SSSR count). The standard InChI is InChI=1S/C13H15ClFNO2/c1-2-10(8-17)16-13(18)6-4-9-3-5-12(15)11(14)7-9/h3-7,10,17H,2,8H2,1H3,(H,16,18)/b6-4+/t10-/m1/s1. The minimum absolute atomic E-state index is 0.0133. The number of nitrogens with one attached hydrogen (secondary N) is 1. The van der Waals surface area contributed by atoms with E-state index < -0.39 is 5.82 Å². The molecule has 0 bridgehead atoms. The molecule has 1 aromatic rings. The molecule has 0 radical (unpaired) electrons. The van der Waals surface area contributed by atoms with Crippen LogP contribution in [0.5, 0.6) is 0 Å². The van der Waals surface area contributed by atoms with Crippen molar-refractivity contribution in [2.75, 3.05) is 6.61 Å². The predicted octanol–water partition coefficient (Wildman–Crippen LogP) is 2.38. The van der Waals surface area contributed by atoms with Crippen LogP contribution in [-0.4, -0.2) is 23.7 Å². The zero-order valence-electron chi connectivity index (χ0n) is 9.99. The number of amides is 1. The van der Waals surface area contributed by atoms with Gasteiger partial charge in [0.2, 0.25) is 5.91 Å². The highest BCUT2D eigenvalue weighted by atomic mass is 35.5. The van der Waals surface area contributed by atoms with E-state index in [9.17, 15) is 9.18 Å². The van der Waals surface area contributed by atoms with Gasteiger partial charge in [0.1, 0.15) is 5.82 Å². The van der Waals surface area contributed by atoms with E-state index in [2.05, 4.69) is 5.32 Å². The van der Waals surface area contributed by atoms with Gasteiger partial charge in [-0.2, -0.15) is 0 Å². The average Bonchev–Trinajstić information content (AvgIpc) is 2.37. The van der Waals surface area contributed by atoms with Gasteiger partial charge in [0.25, 0.3) is 0 Å². The van der Waals surface area contributed by atoms with Gasteiger partial charge >= 0.3 is 0 Å². The third-order valence-electron chi connectivity index (χ3n) is 2.43. The monoisotopic (exact) mass is 271 g/mol. The molecule has 0 aliphatic rings. The first kappa shape index (κ1) is 14.7. The number of aliphatic hydroxyl groups excluding tert-OH is 1.